The summed E-state index contributed by atoms with van der Waals surface area (Å²) in [6, 6.07) is 71.9. The van der Waals surface area contributed by atoms with Gasteiger partial charge in [-0.15, -0.1) is 53.6 Å². The van der Waals surface area contributed by atoms with Crippen LogP contribution in [0.1, 0.15) is 153 Å². The van der Waals surface area contributed by atoms with Crippen LogP contribution in [0.15, 0.2) is 182 Å². The van der Waals surface area contributed by atoms with Crippen LogP contribution < -0.4 is 14.5 Å². The number of hydrogen-bond donors (Lipinski definition) is 0. The molecule has 0 saturated heterocycles. The molecule has 0 aliphatic carbocycles. The first-order valence-corrected chi connectivity index (χ1v) is 28.2. The molecule has 0 atom stereocenters. The maximum absolute atomic E-state index is 7.08. The zero-order chi connectivity index (χ0) is 55.8. The van der Waals surface area contributed by atoms with Gasteiger partial charge in [0.05, 0.1) is 0 Å². The summed E-state index contributed by atoms with van der Waals surface area (Å²) in [5, 5.41) is 2.21. The molecule has 0 N–H and O–H groups in total. The molecule has 0 radical (unpaired) electrons. The predicted octanol–water partition coefficient (Wildman–Crippen LogP) is 20.1. The molecule has 8 aromatic carbocycles. The molecule has 0 unspecified atom stereocenters. The van der Waals surface area contributed by atoms with E-state index in [-0.39, 0.29) is 42.7 Å². The number of hydrogen-bond acceptors (Lipinski definition) is 4. The SMILES string of the molecule is CC(C)c1cccc(C(C)C)c1-c1ccc2c(c1)N(c1cccc(C(C)(C)C)c1)[CH-]N2c1[c-]c(Oc2[c-]c3c(cc2)c2cc(C(C)(C)c4ccccc4)ccc2n3-c2cc(C(C)(C)c3ccccc3)ccn2)cc(C(C)(C)C)c1.[Pt]. The number of rotatable bonds is 12. The van der Waals surface area contributed by atoms with Crippen molar-refractivity contribution in [3.8, 4) is 28.4 Å². The molecule has 5 nitrogen and oxygen atoms in total. The van der Waals surface area contributed by atoms with Crippen LogP contribution in [0.3, 0.4) is 0 Å². The van der Waals surface area contributed by atoms with Crippen molar-refractivity contribution in [2.24, 2.45) is 0 Å². The van der Waals surface area contributed by atoms with Crippen LogP contribution in [-0.2, 0) is 42.7 Å². The minimum absolute atomic E-state index is 0. The van der Waals surface area contributed by atoms with Crippen LogP contribution in [0.2, 0.25) is 0 Å². The van der Waals surface area contributed by atoms with Crippen LogP contribution in [0, 0.1) is 18.8 Å². The Morgan fingerprint density at radius 1 is 0.475 bits per heavy atom. The normalized spacial score (nSPS) is 13.2. The summed E-state index contributed by atoms with van der Waals surface area (Å²) in [7, 11) is 0. The summed E-state index contributed by atoms with van der Waals surface area (Å²) in [5.41, 5.74) is 18.0. The number of nitrogens with zero attached hydrogens (tertiary/aromatic N) is 4. The fraction of sp³-hybridized carbons (Fsp3) is 0.270. The van der Waals surface area contributed by atoms with E-state index in [1.165, 1.54) is 50.1 Å². The summed E-state index contributed by atoms with van der Waals surface area (Å²) in [4.78, 5) is 9.75. The Bertz CT molecular complexity index is 3860. The minimum Gasteiger partial charge on any atom is -0.509 e. The maximum atomic E-state index is 7.08. The van der Waals surface area contributed by atoms with Gasteiger partial charge < -0.3 is 19.1 Å². The zero-order valence-corrected chi connectivity index (χ0v) is 51.3. The van der Waals surface area contributed by atoms with Crippen molar-refractivity contribution in [1.82, 2.24) is 9.55 Å². The molecule has 0 saturated carbocycles. The number of ether oxygens (including phenoxy) is 1. The Morgan fingerprint density at radius 3 is 1.71 bits per heavy atom. The van der Waals surface area contributed by atoms with Crippen molar-refractivity contribution in [3.05, 3.63) is 245 Å². The summed E-state index contributed by atoms with van der Waals surface area (Å²) in [6.07, 6.45) is 1.94. The van der Waals surface area contributed by atoms with Gasteiger partial charge in [0, 0.05) is 72.2 Å². The summed E-state index contributed by atoms with van der Waals surface area (Å²) in [5.74, 6) is 2.76. The maximum Gasteiger partial charge on any atom is 0.135 e. The molecule has 3 heterocycles. The van der Waals surface area contributed by atoms with E-state index < -0.39 is 0 Å². The molecular weight excluding hydrogens is 1160 g/mol. The molecule has 2 aromatic heterocycles. The van der Waals surface area contributed by atoms with Crippen LogP contribution >= 0.6 is 0 Å². The topological polar surface area (TPSA) is 33.5 Å². The molecule has 0 bridgehead atoms. The Balaban J connectivity index is 0.00000720. The summed E-state index contributed by atoms with van der Waals surface area (Å²) in [6.45, 7) is 34.3. The van der Waals surface area contributed by atoms with Crippen LogP contribution in [0.25, 0.3) is 38.8 Å². The van der Waals surface area contributed by atoms with Crippen LogP contribution in [-0.4, -0.2) is 9.55 Å². The average molecular weight is 1230 g/mol. The molecule has 0 amide bonds. The zero-order valence-electron chi connectivity index (χ0n) is 49.1. The Hall–Kier alpha value is -7.20. The number of anilines is 4. The fourth-order valence-corrected chi connectivity index (χ4v) is 11.6. The van der Waals surface area contributed by atoms with Crippen molar-refractivity contribution in [2.75, 3.05) is 9.80 Å². The molecule has 6 heteroatoms. The molecular formula is C74H75N4OPt-3. The average Bonchev–Trinajstić information content (AvgIpc) is 4.22. The third-order valence-corrected chi connectivity index (χ3v) is 16.6. The Labute approximate surface area is 491 Å². The smallest absolute Gasteiger partial charge is 0.135 e. The van der Waals surface area contributed by atoms with Gasteiger partial charge in [0.2, 0.25) is 0 Å². The van der Waals surface area contributed by atoms with E-state index in [1.54, 1.807) is 0 Å². The van der Waals surface area contributed by atoms with Crippen molar-refractivity contribution in [1.29, 1.82) is 0 Å². The molecule has 0 spiro atoms. The number of fused-ring (bicyclic) bond motifs is 4. The molecule has 1 aliphatic heterocycles. The molecule has 10 aromatic rings. The number of benzene rings is 8. The quantitative estimate of drug-likeness (QED) is 0.114. The Morgan fingerprint density at radius 2 is 1.09 bits per heavy atom. The van der Waals surface area contributed by atoms with Gasteiger partial charge in [0.15, 0.2) is 0 Å². The van der Waals surface area contributed by atoms with E-state index >= 15 is 0 Å². The van der Waals surface area contributed by atoms with E-state index in [0.717, 1.165) is 55.9 Å². The van der Waals surface area contributed by atoms with Crippen molar-refractivity contribution in [2.45, 2.75) is 130 Å². The summed E-state index contributed by atoms with van der Waals surface area (Å²) < 4.78 is 9.35. The van der Waals surface area contributed by atoms with Gasteiger partial charge in [-0.25, -0.2) is 4.98 Å². The van der Waals surface area contributed by atoms with Gasteiger partial charge in [-0.1, -0.05) is 212 Å². The minimum atomic E-state index is -0.270. The predicted molar refractivity (Wildman–Crippen MR) is 332 cm³/mol. The van der Waals surface area contributed by atoms with Gasteiger partial charge >= 0.3 is 0 Å². The second-order valence-electron chi connectivity index (χ2n) is 25.5. The molecule has 410 valence electrons. The standard InChI is InChI=1S/C74H75N4O.Pt/c1-48(2)61-29-22-30-62(49(3)4)70(61)50-31-35-66-68(39-50)76(57-28-21-27-53(40-57)71(5,6)7)47-77(66)58-41-56(72(8,9)10)42-60(45-58)79-59-33-34-63-64-43-54(73(11,12)51-23-17-15-18-24-51)32-36-65(64)78(67(63)46-59)69-44-55(37-38-75-69)74(13,14)52-25-19-16-20-26-52;/h15-44,47-49H,1-14H3;/q-3;. The monoisotopic (exact) mass is 1230 g/mol. The van der Waals surface area contributed by atoms with Gasteiger partial charge in [-0.3, -0.25) is 0 Å². The number of aromatic nitrogens is 2. The van der Waals surface area contributed by atoms with Crippen molar-refractivity contribution >= 4 is 44.6 Å². The Kier molecular flexibility index (Phi) is 15.0. The molecule has 0 fully saturated rings. The second kappa shape index (κ2) is 21.4. The van der Waals surface area contributed by atoms with E-state index in [1.807, 2.05) is 6.20 Å². The first-order chi connectivity index (χ1) is 37.6. The van der Waals surface area contributed by atoms with Crippen molar-refractivity contribution in [3.63, 3.8) is 0 Å². The number of pyridine rings is 1. The van der Waals surface area contributed by atoms with Crippen molar-refractivity contribution < 1.29 is 25.8 Å². The molecule has 11 rings (SSSR count). The third kappa shape index (κ3) is 10.4. The van der Waals surface area contributed by atoms with Gasteiger partial charge in [-0.2, -0.15) is 6.07 Å². The van der Waals surface area contributed by atoms with Gasteiger partial charge in [0.25, 0.3) is 0 Å². The summed E-state index contributed by atoms with van der Waals surface area (Å²) >= 11 is 0. The second-order valence-corrected chi connectivity index (χ2v) is 25.5. The molecule has 80 heavy (non-hydrogen) atoms. The largest absolute Gasteiger partial charge is 0.509 e. The van der Waals surface area contributed by atoms with Gasteiger partial charge in [0.1, 0.15) is 5.82 Å². The van der Waals surface area contributed by atoms with E-state index in [0.29, 0.717) is 23.3 Å². The third-order valence-electron chi connectivity index (χ3n) is 16.6. The molecule has 1 aliphatic rings. The van der Waals surface area contributed by atoms with Crippen LogP contribution in [0.4, 0.5) is 22.7 Å². The van der Waals surface area contributed by atoms with Gasteiger partial charge in [-0.05, 0) is 121 Å². The fourth-order valence-electron chi connectivity index (χ4n) is 11.6. The first-order valence-electron chi connectivity index (χ1n) is 28.2. The van der Waals surface area contributed by atoms with E-state index in [2.05, 4.69) is 306 Å². The first kappa shape index (κ1) is 56.1. The van der Waals surface area contributed by atoms with E-state index in [4.69, 9.17) is 9.72 Å². The van der Waals surface area contributed by atoms with Crippen LogP contribution in [0.5, 0.6) is 11.5 Å². The van der Waals surface area contributed by atoms with E-state index in [9.17, 15) is 0 Å².